The summed E-state index contributed by atoms with van der Waals surface area (Å²) in [6.07, 6.45) is 8.61. The van der Waals surface area contributed by atoms with Gasteiger partial charge in [-0.1, -0.05) is 25.5 Å². The zero-order valence-corrected chi connectivity index (χ0v) is 16.7. The molecule has 0 unspecified atom stereocenters. The van der Waals surface area contributed by atoms with E-state index in [9.17, 15) is 9.18 Å². The van der Waals surface area contributed by atoms with Crippen molar-refractivity contribution < 1.29 is 9.18 Å². The number of nitrogens with zero attached hydrogens (tertiary/aromatic N) is 3. The van der Waals surface area contributed by atoms with E-state index in [0.717, 1.165) is 55.8 Å². The molecular formula is C23H30FN3O. The Labute approximate surface area is 167 Å². The Morgan fingerprint density at radius 2 is 1.79 bits per heavy atom. The van der Waals surface area contributed by atoms with Gasteiger partial charge in [0.15, 0.2) is 0 Å². The van der Waals surface area contributed by atoms with Crippen LogP contribution in [0.15, 0.2) is 48.8 Å². The van der Waals surface area contributed by atoms with Gasteiger partial charge in [0.1, 0.15) is 5.82 Å². The number of pyridine rings is 1. The number of hydrogen-bond donors (Lipinski definition) is 0. The summed E-state index contributed by atoms with van der Waals surface area (Å²) in [6.45, 7) is 5.21. The molecule has 0 atom stereocenters. The Morgan fingerprint density at radius 1 is 1.11 bits per heavy atom. The van der Waals surface area contributed by atoms with E-state index in [2.05, 4.69) is 11.9 Å². The topological polar surface area (TPSA) is 36.4 Å². The zero-order valence-electron chi connectivity index (χ0n) is 16.7. The lowest BCUT2D eigenvalue weighted by Gasteiger charge is -2.35. The molecule has 0 radical (unpaired) electrons. The molecule has 1 aliphatic rings. The number of halogens is 1. The number of aryl methyl sites for hydroxylation is 1. The van der Waals surface area contributed by atoms with E-state index in [4.69, 9.17) is 0 Å². The summed E-state index contributed by atoms with van der Waals surface area (Å²) in [5.41, 5.74) is 2.19. The van der Waals surface area contributed by atoms with Crippen LogP contribution in [-0.2, 0) is 13.0 Å². The van der Waals surface area contributed by atoms with Gasteiger partial charge in [-0.15, -0.1) is 0 Å². The lowest BCUT2D eigenvalue weighted by atomic mass is 9.95. The minimum Gasteiger partial charge on any atom is -0.325 e. The minimum absolute atomic E-state index is 0.130. The molecule has 3 rings (SSSR count). The van der Waals surface area contributed by atoms with Crippen molar-refractivity contribution in [3.63, 3.8) is 0 Å². The molecule has 2 aromatic rings. The van der Waals surface area contributed by atoms with E-state index >= 15 is 0 Å². The van der Waals surface area contributed by atoms with Crippen LogP contribution >= 0.6 is 0 Å². The predicted molar refractivity (Wildman–Crippen MR) is 109 cm³/mol. The normalized spacial score (nSPS) is 14.9. The zero-order chi connectivity index (χ0) is 19.8. The third-order valence-electron chi connectivity index (χ3n) is 5.66. The van der Waals surface area contributed by atoms with Crippen LogP contribution in [0.25, 0.3) is 0 Å². The number of urea groups is 1. The number of carbonyl (C=O) groups excluding carboxylic acids is 1. The Bertz CT molecular complexity index is 727. The van der Waals surface area contributed by atoms with Gasteiger partial charge in [0.05, 0.1) is 0 Å². The van der Waals surface area contributed by atoms with Crippen molar-refractivity contribution in [2.24, 2.45) is 5.92 Å². The molecule has 2 heterocycles. The number of carbonyl (C=O) groups is 1. The number of amides is 2. The van der Waals surface area contributed by atoms with Gasteiger partial charge in [0, 0.05) is 38.6 Å². The first-order valence-electron chi connectivity index (χ1n) is 10.3. The fourth-order valence-electron chi connectivity index (χ4n) is 3.81. The number of piperidine rings is 1. The fourth-order valence-corrected chi connectivity index (χ4v) is 3.81. The van der Waals surface area contributed by atoms with Crippen molar-refractivity contribution in [3.8, 4) is 0 Å². The maximum Gasteiger partial charge on any atom is 0.320 e. The van der Waals surface area contributed by atoms with Gasteiger partial charge in [0.2, 0.25) is 0 Å². The van der Waals surface area contributed by atoms with Crippen LogP contribution in [0.4, 0.5) is 9.18 Å². The second-order valence-corrected chi connectivity index (χ2v) is 7.63. The highest BCUT2D eigenvalue weighted by molar-refractivity contribution is 5.74. The number of likely N-dealkylation sites (tertiary alicyclic amines) is 1. The molecule has 1 aromatic carbocycles. The summed E-state index contributed by atoms with van der Waals surface area (Å²) in [5, 5.41) is 0. The monoisotopic (exact) mass is 383 g/mol. The number of benzene rings is 1. The molecule has 0 N–H and O–H groups in total. The van der Waals surface area contributed by atoms with E-state index in [0.29, 0.717) is 13.1 Å². The molecule has 0 spiro atoms. The second-order valence-electron chi connectivity index (χ2n) is 7.63. The average Bonchev–Trinajstić information content (AvgIpc) is 2.75. The van der Waals surface area contributed by atoms with Gasteiger partial charge in [-0.05, 0) is 67.0 Å². The second kappa shape index (κ2) is 10.2. The number of hydrogen-bond acceptors (Lipinski definition) is 2. The average molecular weight is 384 g/mol. The molecule has 1 saturated heterocycles. The van der Waals surface area contributed by atoms with Crippen molar-refractivity contribution in [3.05, 3.63) is 65.7 Å². The van der Waals surface area contributed by atoms with Gasteiger partial charge in [-0.25, -0.2) is 9.18 Å². The first kappa shape index (κ1) is 20.3. The van der Waals surface area contributed by atoms with Crippen LogP contribution < -0.4 is 0 Å². The van der Waals surface area contributed by atoms with Gasteiger partial charge in [-0.2, -0.15) is 0 Å². The van der Waals surface area contributed by atoms with Crippen LogP contribution in [0.2, 0.25) is 0 Å². The summed E-state index contributed by atoms with van der Waals surface area (Å²) >= 11 is 0. The maximum atomic E-state index is 13.2. The minimum atomic E-state index is -0.214. The molecule has 150 valence electrons. The van der Waals surface area contributed by atoms with E-state index < -0.39 is 0 Å². The van der Waals surface area contributed by atoms with Crippen LogP contribution in [0.3, 0.4) is 0 Å². The highest BCUT2D eigenvalue weighted by atomic mass is 19.1. The molecule has 0 bridgehead atoms. The summed E-state index contributed by atoms with van der Waals surface area (Å²) in [5.74, 6) is 0.532. The summed E-state index contributed by atoms with van der Waals surface area (Å²) in [7, 11) is 0. The van der Waals surface area contributed by atoms with Crippen molar-refractivity contribution >= 4 is 6.03 Å². The first-order valence-corrected chi connectivity index (χ1v) is 10.3. The van der Waals surface area contributed by atoms with Gasteiger partial charge >= 0.3 is 6.03 Å². The smallest absolute Gasteiger partial charge is 0.320 e. The third kappa shape index (κ3) is 5.78. The first-order chi connectivity index (χ1) is 13.7. The Balaban J connectivity index is 1.61. The lowest BCUT2D eigenvalue weighted by molar-refractivity contribution is 0.129. The fraction of sp³-hybridized carbons (Fsp3) is 0.478. The molecular weight excluding hydrogens is 353 g/mol. The van der Waals surface area contributed by atoms with Gasteiger partial charge < -0.3 is 9.80 Å². The van der Waals surface area contributed by atoms with E-state index in [-0.39, 0.29) is 11.8 Å². The Kier molecular flexibility index (Phi) is 7.40. The predicted octanol–water partition coefficient (Wildman–Crippen LogP) is 4.90. The molecule has 1 aromatic heterocycles. The molecule has 2 amide bonds. The lowest BCUT2D eigenvalue weighted by Crippen LogP contribution is -2.46. The van der Waals surface area contributed by atoms with Crippen molar-refractivity contribution in [1.82, 2.24) is 14.8 Å². The molecule has 0 saturated carbocycles. The van der Waals surface area contributed by atoms with Crippen molar-refractivity contribution in [2.75, 3.05) is 19.6 Å². The highest BCUT2D eigenvalue weighted by Gasteiger charge is 2.25. The maximum absolute atomic E-state index is 13.2. The van der Waals surface area contributed by atoms with E-state index in [1.165, 1.54) is 18.6 Å². The number of aromatic nitrogens is 1. The SMILES string of the molecule is CCC1CCN(C(=O)N(CCCc2ccc(F)cc2)Cc2ccncc2)CC1. The quantitative estimate of drug-likeness (QED) is 0.682. The summed E-state index contributed by atoms with van der Waals surface area (Å²) in [4.78, 5) is 21.2. The summed E-state index contributed by atoms with van der Waals surface area (Å²) < 4.78 is 13.1. The standard InChI is InChI=1S/C23H30FN3O/c1-2-19-11-16-26(17-12-19)23(28)27(18-21-9-13-25-14-10-21)15-3-4-20-5-7-22(24)8-6-20/h5-10,13-14,19H,2-4,11-12,15-18H2,1H3. The molecule has 28 heavy (non-hydrogen) atoms. The third-order valence-corrected chi connectivity index (χ3v) is 5.66. The molecule has 1 aliphatic heterocycles. The summed E-state index contributed by atoms with van der Waals surface area (Å²) in [6, 6.07) is 10.7. The van der Waals surface area contributed by atoms with Crippen molar-refractivity contribution in [1.29, 1.82) is 0 Å². The van der Waals surface area contributed by atoms with Crippen LogP contribution in [-0.4, -0.2) is 40.4 Å². The number of rotatable bonds is 7. The van der Waals surface area contributed by atoms with E-state index in [1.807, 2.05) is 34.1 Å². The Hall–Kier alpha value is -2.43. The molecule has 0 aliphatic carbocycles. The van der Waals surface area contributed by atoms with E-state index in [1.54, 1.807) is 12.4 Å². The van der Waals surface area contributed by atoms with Crippen molar-refractivity contribution in [2.45, 2.75) is 45.6 Å². The van der Waals surface area contributed by atoms with Crippen LogP contribution in [0.1, 0.15) is 43.7 Å². The molecule has 5 heteroatoms. The van der Waals surface area contributed by atoms with Gasteiger partial charge in [-0.3, -0.25) is 4.98 Å². The molecule has 1 fully saturated rings. The highest BCUT2D eigenvalue weighted by Crippen LogP contribution is 2.21. The van der Waals surface area contributed by atoms with Crippen LogP contribution in [0.5, 0.6) is 0 Å². The Morgan fingerprint density at radius 3 is 2.43 bits per heavy atom. The van der Waals surface area contributed by atoms with Gasteiger partial charge in [0.25, 0.3) is 0 Å². The van der Waals surface area contributed by atoms with Crippen LogP contribution in [0, 0.1) is 11.7 Å². The largest absolute Gasteiger partial charge is 0.325 e. The molecule has 4 nitrogen and oxygen atoms in total.